The molecule has 0 saturated carbocycles. The highest BCUT2D eigenvalue weighted by atomic mass is 32.2. The second-order valence-electron chi connectivity index (χ2n) is 3.71. The monoisotopic (exact) mass is 288 g/mol. The number of hydrogen-bond acceptors (Lipinski definition) is 5. The van der Waals surface area contributed by atoms with Crippen molar-refractivity contribution in [3.8, 4) is 6.07 Å². The van der Waals surface area contributed by atoms with E-state index < -0.39 is 10.0 Å². The first-order chi connectivity index (χ1) is 8.56. The molecular weight excluding hydrogens is 272 g/mol. The van der Waals surface area contributed by atoms with Gasteiger partial charge in [0, 0.05) is 13.1 Å². The van der Waals surface area contributed by atoms with Crippen molar-refractivity contribution in [2.24, 2.45) is 0 Å². The fourth-order valence-corrected chi connectivity index (χ4v) is 4.17. The van der Waals surface area contributed by atoms with Crippen molar-refractivity contribution in [2.75, 3.05) is 19.7 Å². The summed E-state index contributed by atoms with van der Waals surface area (Å²) in [5.74, 6) is 0. The van der Waals surface area contributed by atoms with Crippen LogP contribution in [-0.2, 0) is 10.0 Å². The largest absolute Gasteiger partial charge is 0.395 e. The van der Waals surface area contributed by atoms with Gasteiger partial charge in [-0.15, -0.1) is 11.3 Å². The molecule has 1 rings (SSSR count). The van der Waals surface area contributed by atoms with Gasteiger partial charge < -0.3 is 5.11 Å². The number of rotatable bonds is 7. The summed E-state index contributed by atoms with van der Waals surface area (Å²) >= 11 is 0.955. The molecule has 0 aliphatic rings. The average molecular weight is 288 g/mol. The van der Waals surface area contributed by atoms with Gasteiger partial charge >= 0.3 is 0 Å². The number of hydrogen-bond donors (Lipinski definition) is 1. The lowest BCUT2D eigenvalue weighted by Crippen LogP contribution is -2.34. The van der Waals surface area contributed by atoms with E-state index in [1.807, 2.05) is 13.0 Å². The fourth-order valence-electron chi connectivity index (χ4n) is 1.44. The normalized spacial score (nSPS) is 11.7. The van der Waals surface area contributed by atoms with Crippen molar-refractivity contribution < 1.29 is 13.5 Å². The van der Waals surface area contributed by atoms with Gasteiger partial charge in [-0.3, -0.25) is 0 Å². The minimum atomic E-state index is -3.58. The van der Waals surface area contributed by atoms with Gasteiger partial charge in [0.05, 0.1) is 6.61 Å². The van der Waals surface area contributed by atoms with Crippen LogP contribution in [0.3, 0.4) is 0 Å². The first-order valence-corrected chi connectivity index (χ1v) is 7.92. The van der Waals surface area contributed by atoms with Crippen molar-refractivity contribution in [1.29, 1.82) is 5.26 Å². The molecular formula is C11H16N2O3S2. The van der Waals surface area contributed by atoms with Crippen molar-refractivity contribution >= 4 is 21.4 Å². The van der Waals surface area contributed by atoms with Crippen molar-refractivity contribution in [3.63, 3.8) is 0 Å². The Kier molecular flexibility index (Phi) is 5.75. The highest BCUT2D eigenvalue weighted by Crippen LogP contribution is 2.24. The molecule has 0 fully saturated rings. The zero-order valence-corrected chi connectivity index (χ0v) is 11.8. The third-order valence-electron chi connectivity index (χ3n) is 2.40. The Balaban J connectivity index is 2.97. The smallest absolute Gasteiger partial charge is 0.252 e. The molecule has 0 aliphatic carbocycles. The molecule has 1 aromatic heterocycles. The quantitative estimate of drug-likeness (QED) is 0.822. The van der Waals surface area contributed by atoms with E-state index in [0.717, 1.165) is 24.2 Å². The van der Waals surface area contributed by atoms with E-state index in [1.54, 1.807) is 0 Å². The van der Waals surface area contributed by atoms with Crippen molar-refractivity contribution in [1.82, 2.24) is 4.31 Å². The van der Waals surface area contributed by atoms with Gasteiger partial charge in [-0.2, -0.15) is 9.57 Å². The molecule has 0 bridgehead atoms. The molecule has 0 aromatic carbocycles. The Bertz CT molecular complexity index is 517. The summed E-state index contributed by atoms with van der Waals surface area (Å²) in [5, 5.41) is 17.7. The van der Waals surface area contributed by atoms with Crippen LogP contribution in [0.25, 0.3) is 0 Å². The predicted molar refractivity (Wildman–Crippen MR) is 69.8 cm³/mol. The average Bonchev–Trinajstić information content (AvgIpc) is 2.83. The van der Waals surface area contributed by atoms with Gasteiger partial charge in [0.1, 0.15) is 15.2 Å². The minimum absolute atomic E-state index is 0.0854. The lowest BCUT2D eigenvalue weighted by atomic mass is 10.3. The summed E-state index contributed by atoms with van der Waals surface area (Å²) in [6, 6.07) is 4.85. The van der Waals surface area contributed by atoms with Crippen LogP contribution in [0.4, 0.5) is 0 Å². The number of thiophene rings is 1. The lowest BCUT2D eigenvalue weighted by Gasteiger charge is -2.19. The van der Waals surface area contributed by atoms with E-state index in [9.17, 15) is 8.42 Å². The molecule has 0 spiro atoms. The molecule has 18 heavy (non-hydrogen) atoms. The van der Waals surface area contributed by atoms with Crippen LogP contribution < -0.4 is 0 Å². The predicted octanol–water partition coefficient (Wildman–Crippen LogP) is 1.40. The Morgan fingerprint density at radius 2 is 2.17 bits per heavy atom. The second kappa shape index (κ2) is 6.85. The Hall–Kier alpha value is -0.940. The Morgan fingerprint density at radius 1 is 1.44 bits per heavy atom. The summed E-state index contributed by atoms with van der Waals surface area (Å²) in [5.41, 5.74) is 0. The van der Waals surface area contributed by atoms with Gasteiger partial charge in [0.2, 0.25) is 0 Å². The maximum absolute atomic E-state index is 12.3. The van der Waals surface area contributed by atoms with Crippen molar-refractivity contribution in [2.45, 2.75) is 24.0 Å². The third-order valence-corrected chi connectivity index (χ3v) is 5.75. The Morgan fingerprint density at radius 3 is 2.67 bits per heavy atom. The Labute approximate surface area is 111 Å². The van der Waals surface area contributed by atoms with E-state index in [1.165, 1.54) is 16.4 Å². The number of aliphatic hydroxyl groups is 1. The van der Waals surface area contributed by atoms with Crippen LogP contribution in [0.1, 0.15) is 24.6 Å². The van der Waals surface area contributed by atoms with Gasteiger partial charge in [-0.1, -0.05) is 13.3 Å². The van der Waals surface area contributed by atoms with E-state index in [4.69, 9.17) is 10.4 Å². The summed E-state index contributed by atoms with van der Waals surface area (Å²) in [4.78, 5) is 0.369. The summed E-state index contributed by atoms with van der Waals surface area (Å²) in [6.07, 6.45) is 1.63. The SMILES string of the molecule is CCCCN(CCO)S(=O)(=O)c1ccc(C#N)s1. The van der Waals surface area contributed by atoms with Crippen LogP contribution in [0.2, 0.25) is 0 Å². The summed E-state index contributed by atoms with van der Waals surface area (Å²) in [7, 11) is -3.58. The van der Waals surface area contributed by atoms with E-state index >= 15 is 0 Å². The van der Waals surface area contributed by atoms with Gasteiger partial charge in [-0.05, 0) is 18.6 Å². The maximum Gasteiger partial charge on any atom is 0.252 e. The minimum Gasteiger partial charge on any atom is -0.395 e. The van der Waals surface area contributed by atoms with Crippen LogP contribution >= 0.6 is 11.3 Å². The fraction of sp³-hybridized carbons (Fsp3) is 0.545. The maximum atomic E-state index is 12.3. The van der Waals surface area contributed by atoms with E-state index in [-0.39, 0.29) is 17.4 Å². The number of aliphatic hydroxyl groups excluding tert-OH is 1. The molecule has 0 aliphatic heterocycles. The standard InChI is InChI=1S/C11H16N2O3S2/c1-2-3-6-13(7-8-14)18(15,16)11-5-4-10(9-12)17-11/h4-5,14H,2-3,6-8H2,1H3. The van der Waals surface area contributed by atoms with Gasteiger partial charge in [-0.25, -0.2) is 8.42 Å². The highest BCUT2D eigenvalue weighted by Gasteiger charge is 2.25. The van der Waals surface area contributed by atoms with Gasteiger partial charge in [0.25, 0.3) is 10.0 Å². The van der Waals surface area contributed by atoms with Gasteiger partial charge in [0.15, 0.2) is 0 Å². The molecule has 0 atom stereocenters. The summed E-state index contributed by atoms with van der Waals surface area (Å²) in [6.45, 7) is 2.24. The van der Waals surface area contributed by atoms with Crippen LogP contribution in [-0.4, -0.2) is 37.5 Å². The zero-order chi connectivity index (χ0) is 13.6. The molecule has 7 heteroatoms. The number of nitrogens with zero attached hydrogens (tertiary/aromatic N) is 2. The molecule has 1 heterocycles. The molecule has 1 N–H and O–H groups in total. The second-order valence-corrected chi connectivity index (χ2v) is 6.96. The summed E-state index contributed by atoms with van der Waals surface area (Å²) < 4.78 is 26.0. The molecule has 0 unspecified atom stereocenters. The molecule has 5 nitrogen and oxygen atoms in total. The molecule has 0 saturated heterocycles. The van der Waals surface area contributed by atoms with E-state index in [2.05, 4.69) is 0 Å². The van der Waals surface area contributed by atoms with Crippen molar-refractivity contribution in [3.05, 3.63) is 17.0 Å². The molecule has 1 aromatic rings. The topological polar surface area (TPSA) is 81.4 Å². The van der Waals surface area contributed by atoms with Crippen LogP contribution in [0.15, 0.2) is 16.3 Å². The first-order valence-electron chi connectivity index (χ1n) is 5.67. The molecule has 0 amide bonds. The number of sulfonamides is 1. The first kappa shape index (κ1) is 15.1. The third kappa shape index (κ3) is 3.53. The lowest BCUT2D eigenvalue weighted by molar-refractivity contribution is 0.252. The van der Waals surface area contributed by atoms with Crippen LogP contribution in [0, 0.1) is 11.3 Å². The number of nitriles is 1. The molecule has 100 valence electrons. The van der Waals surface area contributed by atoms with E-state index in [0.29, 0.717) is 11.4 Å². The van der Waals surface area contributed by atoms with Crippen LogP contribution in [0.5, 0.6) is 0 Å². The number of unbranched alkanes of at least 4 members (excludes halogenated alkanes) is 1. The molecule has 0 radical (unpaired) electrons. The zero-order valence-electron chi connectivity index (χ0n) is 10.2. The highest BCUT2D eigenvalue weighted by molar-refractivity contribution is 7.91.